The lowest BCUT2D eigenvalue weighted by atomic mass is 9.98. The molecule has 4 amide bonds. The first-order valence-electron chi connectivity index (χ1n) is 18.3. The summed E-state index contributed by atoms with van der Waals surface area (Å²) in [6.07, 6.45) is 0.591. The average Bonchev–Trinajstić information content (AvgIpc) is 3.11. The normalized spacial score (nSPS) is 23.2. The van der Waals surface area contributed by atoms with Crippen LogP contribution < -0.4 is 10.2 Å². The molecule has 0 spiro atoms. The first-order valence-corrected chi connectivity index (χ1v) is 18.3. The largest absolute Gasteiger partial charge is 0.508 e. The average molecular weight is 726 g/mol. The number of pyridine rings is 1. The van der Waals surface area contributed by atoms with E-state index in [2.05, 4.69) is 40.6 Å². The van der Waals surface area contributed by atoms with Crippen LogP contribution >= 0.6 is 0 Å². The van der Waals surface area contributed by atoms with Crippen molar-refractivity contribution in [2.24, 2.45) is 0 Å². The first-order chi connectivity index (χ1) is 25.6. The van der Waals surface area contributed by atoms with E-state index in [-0.39, 0.29) is 62.3 Å². The van der Waals surface area contributed by atoms with Crippen molar-refractivity contribution in [2.45, 2.75) is 50.7 Å². The van der Waals surface area contributed by atoms with Gasteiger partial charge in [-0.1, -0.05) is 48.5 Å². The third-order valence-electron chi connectivity index (χ3n) is 11.0. The quantitative estimate of drug-likeness (QED) is 0.304. The smallest absolute Gasteiger partial charge is 0.334 e. The minimum absolute atomic E-state index is 0.0187. The van der Waals surface area contributed by atoms with Crippen LogP contribution in [-0.4, -0.2) is 141 Å². The van der Waals surface area contributed by atoms with E-state index in [0.29, 0.717) is 17.8 Å². The molecule has 13 nitrogen and oxygen atoms in total. The van der Waals surface area contributed by atoms with Crippen molar-refractivity contribution in [1.29, 1.82) is 0 Å². The second-order valence-electron chi connectivity index (χ2n) is 14.5. The van der Waals surface area contributed by atoms with Gasteiger partial charge >= 0.3 is 6.03 Å². The number of hydrogen-bond acceptors (Lipinski definition) is 9. The van der Waals surface area contributed by atoms with Crippen molar-refractivity contribution in [3.05, 3.63) is 102 Å². The lowest BCUT2D eigenvalue weighted by Gasteiger charge is -2.55. The van der Waals surface area contributed by atoms with Crippen molar-refractivity contribution in [2.75, 3.05) is 64.3 Å². The van der Waals surface area contributed by atoms with Gasteiger partial charge in [-0.3, -0.25) is 14.5 Å². The number of nitrogens with one attached hydrogen (secondary N) is 1. The fourth-order valence-electron chi connectivity index (χ4n) is 7.82. The number of amides is 4. The molecule has 0 aliphatic carbocycles. The van der Waals surface area contributed by atoms with Crippen LogP contribution in [0.15, 0.2) is 79.4 Å². The van der Waals surface area contributed by atoms with Gasteiger partial charge in [0.25, 0.3) is 0 Å². The molecule has 7 rings (SSSR count). The lowest BCUT2D eigenvalue weighted by molar-refractivity contribution is -0.189. The number of hydrazine groups is 1. The SMILES string of the molecule is C=CCN1CC(=O)N2C(Cc3ccc(O)cc3F)C(=O)N(Cc3cccc(N4CC(N5CCN(C)[C@H](C)C5)C4)n3)CC2N1C(=O)NCc1ccccc1. The topological polar surface area (TPSA) is 119 Å². The highest BCUT2D eigenvalue weighted by molar-refractivity contribution is 5.91. The monoisotopic (exact) mass is 725 g/mol. The number of rotatable bonds is 10. The number of halogens is 1. The minimum Gasteiger partial charge on any atom is -0.508 e. The molecule has 2 N–H and O–H groups in total. The molecule has 4 aliphatic heterocycles. The number of aromatic hydroxyl groups is 1. The number of piperazine rings is 2. The number of anilines is 1. The number of carbonyl (C=O) groups excluding carboxylic acids is 3. The highest BCUT2D eigenvalue weighted by Crippen LogP contribution is 2.31. The number of fused-ring (bicyclic) bond motifs is 1. The zero-order valence-electron chi connectivity index (χ0n) is 30.4. The van der Waals surface area contributed by atoms with Gasteiger partial charge in [-0.15, -0.1) is 6.58 Å². The van der Waals surface area contributed by atoms with Gasteiger partial charge in [-0.05, 0) is 43.3 Å². The van der Waals surface area contributed by atoms with Crippen LogP contribution in [0.25, 0.3) is 0 Å². The number of nitrogens with zero attached hydrogens (tertiary/aromatic N) is 8. The maximum Gasteiger partial charge on any atom is 0.334 e. The van der Waals surface area contributed by atoms with Crippen LogP contribution in [0.5, 0.6) is 5.75 Å². The van der Waals surface area contributed by atoms with Crippen LogP contribution in [0, 0.1) is 5.82 Å². The van der Waals surface area contributed by atoms with E-state index in [4.69, 9.17) is 4.98 Å². The second-order valence-corrected chi connectivity index (χ2v) is 14.5. The van der Waals surface area contributed by atoms with Gasteiger partial charge in [0.2, 0.25) is 11.8 Å². The van der Waals surface area contributed by atoms with Gasteiger partial charge in [0.15, 0.2) is 0 Å². The number of likely N-dealkylation sites (N-methyl/N-ethyl adjacent to an activating group) is 1. The Morgan fingerprint density at radius 2 is 1.83 bits per heavy atom. The predicted octanol–water partition coefficient (Wildman–Crippen LogP) is 2.49. The lowest BCUT2D eigenvalue weighted by Crippen LogP contribution is -2.76. The van der Waals surface area contributed by atoms with Crippen molar-refractivity contribution in [1.82, 2.24) is 39.9 Å². The fraction of sp³-hybridized carbons (Fsp3) is 0.436. The molecule has 0 bridgehead atoms. The Bertz CT molecular complexity index is 1830. The summed E-state index contributed by atoms with van der Waals surface area (Å²) >= 11 is 0. The highest BCUT2D eigenvalue weighted by atomic mass is 19.1. The Balaban J connectivity index is 1.14. The Hall–Kier alpha value is -5.05. The zero-order chi connectivity index (χ0) is 37.2. The molecule has 1 aromatic heterocycles. The maximum atomic E-state index is 15.2. The molecule has 5 heterocycles. The van der Waals surface area contributed by atoms with Gasteiger partial charge in [0.1, 0.15) is 29.6 Å². The van der Waals surface area contributed by atoms with Crippen molar-refractivity contribution < 1.29 is 23.9 Å². The van der Waals surface area contributed by atoms with E-state index in [1.54, 1.807) is 16.0 Å². The van der Waals surface area contributed by atoms with E-state index in [1.165, 1.54) is 22.0 Å². The second kappa shape index (κ2) is 15.5. The number of phenolic OH excluding ortho intramolecular Hbond substituents is 1. The van der Waals surface area contributed by atoms with Crippen LogP contribution in [0.4, 0.5) is 15.0 Å². The van der Waals surface area contributed by atoms with Gasteiger partial charge < -0.3 is 30.0 Å². The Morgan fingerprint density at radius 1 is 1.04 bits per heavy atom. The van der Waals surface area contributed by atoms with Crippen LogP contribution in [0.3, 0.4) is 0 Å². The molecule has 4 aliphatic rings. The summed E-state index contributed by atoms with van der Waals surface area (Å²) in [5.74, 6) is -0.821. The first kappa shape index (κ1) is 36.3. The molecule has 4 saturated heterocycles. The molecule has 53 heavy (non-hydrogen) atoms. The number of phenols is 1. The Morgan fingerprint density at radius 3 is 2.57 bits per heavy atom. The van der Waals surface area contributed by atoms with Crippen LogP contribution in [-0.2, 0) is 29.1 Å². The van der Waals surface area contributed by atoms with Crippen molar-refractivity contribution >= 4 is 23.7 Å². The number of urea groups is 1. The van der Waals surface area contributed by atoms with Crippen LogP contribution in [0.2, 0.25) is 0 Å². The summed E-state index contributed by atoms with van der Waals surface area (Å²) in [6, 6.07) is 18.5. The standard InChI is InChI=1S/C39H48FN9O4/c1-4-15-47-26-37(51)48-34(18-29-13-14-32(50)19-33(29)40)38(52)46(25-36(48)49(47)39(53)41-20-28-9-6-5-7-10-28)22-30-11-8-12-35(42-30)45-23-31(24-45)44-17-16-43(3)27(2)21-44/h4-14,19,27,31,34,36,50H,1,15-18,20-26H2,2-3H3,(H,41,53)/t27-,34?,36?/m1/s1. The Labute approximate surface area is 309 Å². The molecule has 3 atom stereocenters. The van der Waals surface area contributed by atoms with E-state index < -0.39 is 24.1 Å². The van der Waals surface area contributed by atoms with E-state index in [9.17, 15) is 19.5 Å². The summed E-state index contributed by atoms with van der Waals surface area (Å²) in [6.45, 7) is 11.5. The summed E-state index contributed by atoms with van der Waals surface area (Å²) in [5, 5.41) is 16.0. The molecular formula is C39H48FN9O4. The van der Waals surface area contributed by atoms with Crippen LogP contribution in [0.1, 0.15) is 23.7 Å². The molecule has 14 heteroatoms. The summed E-state index contributed by atoms with van der Waals surface area (Å²) < 4.78 is 15.2. The van der Waals surface area contributed by atoms with E-state index in [1.807, 2.05) is 48.5 Å². The van der Waals surface area contributed by atoms with E-state index in [0.717, 1.165) is 50.2 Å². The van der Waals surface area contributed by atoms with Gasteiger partial charge in [0, 0.05) is 70.4 Å². The van der Waals surface area contributed by atoms with E-state index >= 15 is 4.39 Å². The molecule has 2 unspecified atom stereocenters. The van der Waals surface area contributed by atoms with Gasteiger partial charge in [0.05, 0.1) is 25.3 Å². The minimum atomic E-state index is -1.11. The number of hydrogen-bond donors (Lipinski definition) is 2. The van der Waals surface area contributed by atoms with Crippen molar-refractivity contribution in [3.63, 3.8) is 0 Å². The molecule has 4 fully saturated rings. The number of benzene rings is 2. The zero-order valence-corrected chi connectivity index (χ0v) is 30.4. The molecular weight excluding hydrogens is 677 g/mol. The van der Waals surface area contributed by atoms with Gasteiger partial charge in [-0.2, -0.15) is 0 Å². The summed E-state index contributed by atoms with van der Waals surface area (Å²) in [7, 11) is 2.17. The predicted molar refractivity (Wildman–Crippen MR) is 198 cm³/mol. The molecule has 2 aromatic carbocycles. The molecule has 3 aromatic rings. The number of aromatic nitrogens is 1. The van der Waals surface area contributed by atoms with Crippen molar-refractivity contribution in [3.8, 4) is 5.75 Å². The molecule has 0 radical (unpaired) electrons. The third-order valence-corrected chi connectivity index (χ3v) is 11.0. The number of carbonyl (C=O) groups is 3. The molecule has 280 valence electrons. The maximum absolute atomic E-state index is 15.2. The summed E-state index contributed by atoms with van der Waals surface area (Å²) in [4.78, 5) is 57.6. The van der Waals surface area contributed by atoms with Gasteiger partial charge in [-0.25, -0.2) is 24.2 Å². The fourth-order valence-corrected chi connectivity index (χ4v) is 7.82. The Kier molecular flexibility index (Phi) is 10.6. The molecule has 0 saturated carbocycles. The third kappa shape index (κ3) is 7.71. The highest BCUT2D eigenvalue weighted by Gasteiger charge is 2.51. The summed E-state index contributed by atoms with van der Waals surface area (Å²) in [5.41, 5.74) is 1.74.